The first-order chi connectivity index (χ1) is 11.8. The summed E-state index contributed by atoms with van der Waals surface area (Å²) >= 11 is 0. The number of nitrogens with zero attached hydrogens (tertiary/aromatic N) is 4. The van der Waals surface area contributed by atoms with E-state index in [1.54, 1.807) is 6.08 Å². The summed E-state index contributed by atoms with van der Waals surface area (Å²) < 4.78 is 1.88. The van der Waals surface area contributed by atoms with Gasteiger partial charge in [0.25, 0.3) is 5.91 Å². The molecular formula is C18H30ClN5O. The lowest BCUT2D eigenvalue weighted by molar-refractivity contribution is 0.0729. The van der Waals surface area contributed by atoms with E-state index in [4.69, 9.17) is 0 Å². The molecule has 0 bridgehead atoms. The lowest BCUT2D eigenvalue weighted by Gasteiger charge is -2.28. The first-order valence-corrected chi connectivity index (χ1v) is 9.30. The van der Waals surface area contributed by atoms with Crippen LogP contribution in [0.5, 0.6) is 0 Å². The third-order valence-corrected chi connectivity index (χ3v) is 5.25. The molecular weight excluding hydrogens is 338 g/mol. The summed E-state index contributed by atoms with van der Waals surface area (Å²) in [6.07, 6.45) is 12.1. The van der Waals surface area contributed by atoms with E-state index in [-0.39, 0.29) is 18.3 Å². The Balaban J connectivity index is 0.00000225. The molecule has 0 radical (unpaired) electrons. The van der Waals surface area contributed by atoms with Crippen LogP contribution in [0.4, 0.5) is 0 Å². The second kappa shape index (κ2) is 9.92. The van der Waals surface area contributed by atoms with Gasteiger partial charge in [0.1, 0.15) is 0 Å². The van der Waals surface area contributed by atoms with Crippen molar-refractivity contribution in [2.45, 2.75) is 51.0 Å². The third kappa shape index (κ3) is 5.28. The van der Waals surface area contributed by atoms with Gasteiger partial charge in [0.05, 0.1) is 12.2 Å². The van der Waals surface area contributed by atoms with E-state index >= 15 is 0 Å². The molecule has 1 saturated heterocycles. The average molecular weight is 368 g/mol. The van der Waals surface area contributed by atoms with Crippen LogP contribution < -0.4 is 5.32 Å². The number of carbonyl (C=O) groups is 1. The summed E-state index contributed by atoms with van der Waals surface area (Å²) in [5.74, 6) is 0.600. The SMILES string of the molecule is C=CCN(CC1CCCCC1)C(=O)c1cn(C2CCNCC2)nn1.Cl. The minimum Gasteiger partial charge on any atom is -0.333 e. The zero-order chi connectivity index (χ0) is 16.8. The van der Waals surface area contributed by atoms with Crippen molar-refractivity contribution in [3.63, 3.8) is 0 Å². The Labute approximate surface area is 156 Å². The van der Waals surface area contributed by atoms with E-state index in [0.29, 0.717) is 24.2 Å². The Bertz CT molecular complexity index is 549. The number of amides is 1. The quantitative estimate of drug-likeness (QED) is 0.785. The van der Waals surface area contributed by atoms with Gasteiger partial charge in [-0.3, -0.25) is 4.79 Å². The molecule has 140 valence electrons. The van der Waals surface area contributed by atoms with Crippen LogP contribution in [0.2, 0.25) is 0 Å². The van der Waals surface area contributed by atoms with Gasteiger partial charge in [-0.1, -0.05) is 30.6 Å². The molecule has 25 heavy (non-hydrogen) atoms. The fraction of sp³-hybridized carbons (Fsp3) is 0.722. The molecule has 2 heterocycles. The van der Waals surface area contributed by atoms with Crippen LogP contribution in [-0.4, -0.2) is 52.0 Å². The topological polar surface area (TPSA) is 63.1 Å². The molecule has 1 saturated carbocycles. The van der Waals surface area contributed by atoms with Crippen LogP contribution in [-0.2, 0) is 0 Å². The molecule has 1 aliphatic carbocycles. The molecule has 3 rings (SSSR count). The minimum absolute atomic E-state index is 0. The fourth-order valence-corrected chi connectivity index (χ4v) is 3.86. The molecule has 0 spiro atoms. The summed E-state index contributed by atoms with van der Waals surface area (Å²) in [5.41, 5.74) is 0.464. The average Bonchev–Trinajstić information content (AvgIpc) is 3.12. The number of rotatable bonds is 6. The third-order valence-electron chi connectivity index (χ3n) is 5.25. The van der Waals surface area contributed by atoms with Crippen molar-refractivity contribution in [3.05, 3.63) is 24.5 Å². The first kappa shape index (κ1) is 19.9. The summed E-state index contributed by atoms with van der Waals surface area (Å²) in [7, 11) is 0. The van der Waals surface area contributed by atoms with Crippen molar-refractivity contribution < 1.29 is 4.79 Å². The fourth-order valence-electron chi connectivity index (χ4n) is 3.86. The molecule has 1 N–H and O–H groups in total. The zero-order valence-corrected chi connectivity index (χ0v) is 15.7. The van der Waals surface area contributed by atoms with E-state index in [2.05, 4.69) is 22.2 Å². The normalized spacial score (nSPS) is 19.2. The molecule has 1 aromatic heterocycles. The van der Waals surface area contributed by atoms with Gasteiger partial charge in [-0.25, -0.2) is 4.68 Å². The summed E-state index contributed by atoms with van der Waals surface area (Å²) in [5, 5.41) is 11.7. The highest BCUT2D eigenvalue weighted by Gasteiger charge is 2.24. The molecule has 1 amide bonds. The molecule has 1 aliphatic heterocycles. The van der Waals surface area contributed by atoms with E-state index < -0.39 is 0 Å². The minimum atomic E-state index is -0.0133. The van der Waals surface area contributed by atoms with Gasteiger partial charge >= 0.3 is 0 Å². The van der Waals surface area contributed by atoms with Crippen molar-refractivity contribution in [3.8, 4) is 0 Å². The monoisotopic (exact) mass is 367 g/mol. The van der Waals surface area contributed by atoms with Gasteiger partial charge in [-0.05, 0) is 44.7 Å². The molecule has 0 aromatic carbocycles. The van der Waals surface area contributed by atoms with Crippen molar-refractivity contribution in [1.29, 1.82) is 0 Å². The lowest BCUT2D eigenvalue weighted by atomic mass is 9.89. The van der Waals surface area contributed by atoms with Crippen LogP contribution >= 0.6 is 12.4 Å². The predicted molar refractivity (Wildman–Crippen MR) is 101 cm³/mol. The van der Waals surface area contributed by atoms with Gasteiger partial charge in [-0.2, -0.15) is 0 Å². The number of hydrogen-bond donors (Lipinski definition) is 1. The maximum atomic E-state index is 12.9. The maximum absolute atomic E-state index is 12.9. The predicted octanol–water partition coefficient (Wildman–Crippen LogP) is 2.83. The molecule has 2 aliphatic rings. The van der Waals surface area contributed by atoms with Crippen molar-refractivity contribution in [1.82, 2.24) is 25.2 Å². The van der Waals surface area contributed by atoms with Crippen molar-refractivity contribution >= 4 is 18.3 Å². The van der Waals surface area contributed by atoms with Crippen LogP contribution in [0.15, 0.2) is 18.9 Å². The van der Waals surface area contributed by atoms with Crippen LogP contribution in [0.25, 0.3) is 0 Å². The standard InChI is InChI=1S/C18H29N5O.ClH/c1-2-12-22(13-15-6-4-3-5-7-15)18(24)17-14-23(21-20-17)16-8-10-19-11-9-16;/h2,14-16,19H,1,3-13H2;1H. The van der Waals surface area contributed by atoms with Crippen molar-refractivity contribution in [2.24, 2.45) is 5.92 Å². The molecule has 1 aromatic rings. The number of aromatic nitrogens is 3. The van der Waals surface area contributed by atoms with Gasteiger partial charge < -0.3 is 10.2 Å². The van der Waals surface area contributed by atoms with Crippen LogP contribution in [0.1, 0.15) is 61.5 Å². The largest absolute Gasteiger partial charge is 0.333 e. The van der Waals surface area contributed by atoms with Crippen molar-refractivity contribution in [2.75, 3.05) is 26.2 Å². The van der Waals surface area contributed by atoms with Gasteiger partial charge in [-0.15, -0.1) is 24.1 Å². The number of halogens is 1. The number of carbonyl (C=O) groups excluding carboxylic acids is 1. The second-order valence-electron chi connectivity index (χ2n) is 7.07. The molecule has 7 heteroatoms. The molecule has 0 unspecified atom stereocenters. The number of piperidine rings is 1. The van der Waals surface area contributed by atoms with E-state index in [0.717, 1.165) is 32.5 Å². The Hall–Kier alpha value is -1.40. The van der Waals surface area contributed by atoms with E-state index in [9.17, 15) is 4.79 Å². The highest BCUT2D eigenvalue weighted by atomic mass is 35.5. The Kier molecular flexibility index (Phi) is 7.90. The maximum Gasteiger partial charge on any atom is 0.276 e. The number of hydrogen-bond acceptors (Lipinski definition) is 4. The highest BCUT2D eigenvalue weighted by molar-refractivity contribution is 5.92. The molecule has 0 atom stereocenters. The Morgan fingerprint density at radius 2 is 2.00 bits per heavy atom. The van der Waals surface area contributed by atoms with Crippen LogP contribution in [0.3, 0.4) is 0 Å². The second-order valence-corrected chi connectivity index (χ2v) is 7.07. The Morgan fingerprint density at radius 3 is 2.68 bits per heavy atom. The molecule has 2 fully saturated rings. The lowest BCUT2D eigenvalue weighted by Crippen LogP contribution is -2.36. The van der Waals surface area contributed by atoms with Crippen LogP contribution in [0, 0.1) is 5.92 Å². The zero-order valence-electron chi connectivity index (χ0n) is 14.9. The molecule has 6 nitrogen and oxygen atoms in total. The highest BCUT2D eigenvalue weighted by Crippen LogP contribution is 2.25. The van der Waals surface area contributed by atoms with Gasteiger partial charge in [0.2, 0.25) is 0 Å². The Morgan fingerprint density at radius 1 is 1.28 bits per heavy atom. The van der Waals surface area contributed by atoms with E-state index in [1.165, 1.54) is 32.1 Å². The first-order valence-electron chi connectivity index (χ1n) is 9.30. The summed E-state index contributed by atoms with van der Waals surface area (Å²) in [4.78, 5) is 14.7. The smallest absolute Gasteiger partial charge is 0.276 e. The van der Waals surface area contributed by atoms with Gasteiger partial charge in [0, 0.05) is 13.1 Å². The van der Waals surface area contributed by atoms with Gasteiger partial charge in [0.15, 0.2) is 5.69 Å². The summed E-state index contributed by atoms with van der Waals surface area (Å²) in [6.45, 7) is 7.19. The van der Waals surface area contributed by atoms with E-state index in [1.807, 2.05) is 15.8 Å². The summed E-state index contributed by atoms with van der Waals surface area (Å²) in [6, 6.07) is 0.353. The number of nitrogens with one attached hydrogen (secondary N) is 1.